The number of amides is 1. The molecule has 1 aromatic heterocycles. The Kier molecular flexibility index (Phi) is 4.57. The molecule has 8 nitrogen and oxygen atoms in total. The standard InChI is InChI=1S/C19H20N2O6/c22-15-5-1-11-9-13(2-4-14(11)15)21-12(3-6-17(21)23)7-8-26-19-20-10-16(27-19)18(24)25/h2,4,9-10,12,15,22H,1,3,5-8H2,(H,24,25)/t12-,15?/m0/s1. The fourth-order valence-electron chi connectivity index (χ4n) is 3.81. The third kappa shape index (κ3) is 3.40. The number of nitrogens with zero attached hydrogens (tertiary/aromatic N) is 2. The highest BCUT2D eigenvalue weighted by atomic mass is 16.6. The van der Waals surface area contributed by atoms with E-state index in [-0.39, 0.29) is 30.4 Å². The van der Waals surface area contributed by atoms with Crippen LogP contribution in [0.25, 0.3) is 0 Å². The highest BCUT2D eigenvalue weighted by Gasteiger charge is 2.33. The van der Waals surface area contributed by atoms with Crippen LogP contribution in [0.4, 0.5) is 5.69 Å². The van der Waals surface area contributed by atoms with Gasteiger partial charge in [0.25, 0.3) is 0 Å². The predicted octanol–water partition coefficient (Wildman–Crippen LogP) is 2.32. The van der Waals surface area contributed by atoms with Crippen LogP contribution < -0.4 is 9.64 Å². The maximum atomic E-state index is 12.4. The number of carbonyl (C=O) groups excluding carboxylic acids is 1. The summed E-state index contributed by atoms with van der Waals surface area (Å²) in [5.74, 6) is -1.41. The van der Waals surface area contributed by atoms with Crippen molar-refractivity contribution in [3.05, 3.63) is 41.3 Å². The van der Waals surface area contributed by atoms with Crippen LogP contribution in [0.1, 0.15) is 53.5 Å². The van der Waals surface area contributed by atoms with E-state index in [1.54, 1.807) is 4.90 Å². The fourth-order valence-corrected chi connectivity index (χ4v) is 3.81. The molecule has 1 aliphatic carbocycles. The average Bonchev–Trinajstić information content (AvgIpc) is 3.35. The Morgan fingerprint density at radius 1 is 1.33 bits per heavy atom. The van der Waals surface area contributed by atoms with Crippen molar-refractivity contribution in [2.24, 2.45) is 0 Å². The summed E-state index contributed by atoms with van der Waals surface area (Å²) in [4.78, 5) is 28.8. The first-order valence-corrected chi connectivity index (χ1v) is 8.98. The van der Waals surface area contributed by atoms with E-state index in [1.807, 2.05) is 18.2 Å². The zero-order chi connectivity index (χ0) is 19.0. The minimum atomic E-state index is -1.20. The Balaban J connectivity index is 1.42. The van der Waals surface area contributed by atoms with Crippen molar-refractivity contribution >= 4 is 17.6 Å². The highest BCUT2D eigenvalue weighted by Crippen LogP contribution is 2.36. The summed E-state index contributed by atoms with van der Waals surface area (Å²) in [5, 5.41) is 18.8. The number of aliphatic hydroxyl groups excluding tert-OH is 1. The van der Waals surface area contributed by atoms with Gasteiger partial charge in [-0.1, -0.05) is 6.07 Å². The Hall–Kier alpha value is -2.87. The molecular formula is C19H20N2O6. The van der Waals surface area contributed by atoms with E-state index in [1.165, 1.54) is 0 Å². The van der Waals surface area contributed by atoms with Crippen LogP contribution in [0.15, 0.2) is 28.8 Å². The van der Waals surface area contributed by atoms with Gasteiger partial charge >= 0.3 is 12.0 Å². The van der Waals surface area contributed by atoms with E-state index in [0.717, 1.165) is 42.3 Å². The third-order valence-electron chi connectivity index (χ3n) is 5.15. The molecule has 0 bridgehead atoms. The Morgan fingerprint density at radius 2 is 2.19 bits per heavy atom. The number of oxazole rings is 1. The summed E-state index contributed by atoms with van der Waals surface area (Å²) in [5.41, 5.74) is 2.89. The van der Waals surface area contributed by atoms with Crippen molar-refractivity contribution in [1.82, 2.24) is 4.98 Å². The van der Waals surface area contributed by atoms with Gasteiger partial charge in [0.1, 0.15) is 0 Å². The summed E-state index contributed by atoms with van der Waals surface area (Å²) in [6.07, 6.45) is 3.92. The number of benzene rings is 1. The maximum Gasteiger partial charge on any atom is 0.394 e. The SMILES string of the molecule is O=C(O)c1cnc(OCC[C@@H]2CCC(=O)N2c2ccc3c(c2)CCC3O)o1. The van der Waals surface area contributed by atoms with E-state index in [0.29, 0.717) is 12.8 Å². The van der Waals surface area contributed by atoms with Crippen LogP contribution in [-0.2, 0) is 11.2 Å². The summed E-state index contributed by atoms with van der Waals surface area (Å²) in [7, 11) is 0. The van der Waals surface area contributed by atoms with Gasteiger partial charge in [0.15, 0.2) is 0 Å². The van der Waals surface area contributed by atoms with Crippen LogP contribution in [0.5, 0.6) is 6.08 Å². The molecule has 1 amide bonds. The van der Waals surface area contributed by atoms with Gasteiger partial charge in [-0.25, -0.2) is 4.79 Å². The zero-order valence-corrected chi connectivity index (χ0v) is 14.6. The van der Waals surface area contributed by atoms with Crippen LogP contribution in [0.3, 0.4) is 0 Å². The van der Waals surface area contributed by atoms with Crippen molar-refractivity contribution in [2.75, 3.05) is 11.5 Å². The predicted molar refractivity (Wildman–Crippen MR) is 93.8 cm³/mol. The Morgan fingerprint density at radius 3 is 2.96 bits per heavy atom. The average molecular weight is 372 g/mol. The number of anilines is 1. The molecule has 4 rings (SSSR count). The number of aliphatic hydroxyl groups is 1. The lowest BCUT2D eigenvalue weighted by Gasteiger charge is -2.25. The number of carbonyl (C=O) groups is 2. The summed E-state index contributed by atoms with van der Waals surface area (Å²) in [6, 6.07) is 5.78. The molecule has 8 heteroatoms. The molecule has 2 N–H and O–H groups in total. The van der Waals surface area contributed by atoms with Gasteiger partial charge < -0.3 is 24.3 Å². The van der Waals surface area contributed by atoms with E-state index in [9.17, 15) is 14.7 Å². The number of hydrogen-bond donors (Lipinski definition) is 2. The molecule has 2 aromatic rings. The molecule has 1 saturated heterocycles. The highest BCUT2D eigenvalue weighted by molar-refractivity contribution is 5.96. The van der Waals surface area contributed by atoms with Crippen LogP contribution >= 0.6 is 0 Å². The van der Waals surface area contributed by atoms with Gasteiger partial charge in [-0.15, -0.1) is 0 Å². The minimum absolute atomic E-state index is 0.00390. The lowest BCUT2D eigenvalue weighted by atomic mass is 10.1. The Labute approximate surface area is 155 Å². The lowest BCUT2D eigenvalue weighted by molar-refractivity contribution is -0.117. The number of carboxylic acids is 1. The molecule has 1 aliphatic heterocycles. The second-order valence-electron chi connectivity index (χ2n) is 6.83. The molecule has 1 fully saturated rings. The number of ether oxygens (including phenoxy) is 1. The van der Waals surface area contributed by atoms with Gasteiger partial charge in [-0.2, -0.15) is 4.98 Å². The molecule has 2 aliphatic rings. The minimum Gasteiger partial charge on any atom is -0.475 e. The molecule has 27 heavy (non-hydrogen) atoms. The zero-order valence-electron chi connectivity index (χ0n) is 14.6. The van der Waals surface area contributed by atoms with E-state index in [2.05, 4.69) is 4.98 Å². The molecule has 0 radical (unpaired) electrons. The van der Waals surface area contributed by atoms with Crippen molar-refractivity contribution in [3.8, 4) is 6.08 Å². The second-order valence-corrected chi connectivity index (χ2v) is 6.83. The fraction of sp³-hybridized carbons (Fsp3) is 0.421. The summed E-state index contributed by atoms with van der Waals surface area (Å²) >= 11 is 0. The first-order valence-electron chi connectivity index (χ1n) is 8.98. The molecular weight excluding hydrogens is 352 g/mol. The first kappa shape index (κ1) is 17.5. The molecule has 2 heterocycles. The molecule has 0 saturated carbocycles. The van der Waals surface area contributed by atoms with E-state index >= 15 is 0 Å². The smallest absolute Gasteiger partial charge is 0.394 e. The van der Waals surface area contributed by atoms with Crippen molar-refractivity contribution < 1.29 is 29.0 Å². The number of fused-ring (bicyclic) bond motifs is 1. The van der Waals surface area contributed by atoms with Gasteiger partial charge in [0, 0.05) is 24.6 Å². The molecule has 1 unspecified atom stereocenters. The van der Waals surface area contributed by atoms with Crippen molar-refractivity contribution in [2.45, 2.75) is 44.2 Å². The summed E-state index contributed by atoms with van der Waals surface area (Å²) in [6.45, 7) is 0.262. The van der Waals surface area contributed by atoms with E-state index < -0.39 is 12.1 Å². The van der Waals surface area contributed by atoms with Gasteiger partial charge in [-0.05, 0) is 42.5 Å². The van der Waals surface area contributed by atoms with Gasteiger partial charge in [0.05, 0.1) is 18.9 Å². The monoisotopic (exact) mass is 372 g/mol. The second kappa shape index (κ2) is 7.03. The van der Waals surface area contributed by atoms with Crippen LogP contribution in [0.2, 0.25) is 0 Å². The van der Waals surface area contributed by atoms with Crippen molar-refractivity contribution in [3.63, 3.8) is 0 Å². The third-order valence-corrected chi connectivity index (χ3v) is 5.15. The van der Waals surface area contributed by atoms with Gasteiger partial charge in [0.2, 0.25) is 11.7 Å². The molecule has 142 valence electrons. The quantitative estimate of drug-likeness (QED) is 0.800. The number of rotatable bonds is 6. The number of aromatic nitrogens is 1. The maximum absolute atomic E-state index is 12.4. The molecule has 2 atom stereocenters. The lowest BCUT2D eigenvalue weighted by Crippen LogP contribution is -2.34. The topological polar surface area (TPSA) is 113 Å². The normalized spacial score (nSPS) is 21.5. The van der Waals surface area contributed by atoms with Crippen molar-refractivity contribution in [1.29, 1.82) is 0 Å². The summed E-state index contributed by atoms with van der Waals surface area (Å²) < 4.78 is 10.4. The largest absolute Gasteiger partial charge is 0.475 e. The van der Waals surface area contributed by atoms with Crippen LogP contribution in [0, 0.1) is 0 Å². The first-order chi connectivity index (χ1) is 13.0. The Bertz CT molecular complexity index is 877. The van der Waals surface area contributed by atoms with E-state index in [4.69, 9.17) is 14.3 Å². The van der Waals surface area contributed by atoms with Crippen LogP contribution in [-0.4, -0.2) is 39.7 Å². The number of hydrogen-bond acceptors (Lipinski definition) is 6. The number of carboxylic acid groups (broad SMARTS) is 1. The number of aromatic carboxylic acids is 1. The number of aryl methyl sites for hydroxylation is 1. The molecule has 0 spiro atoms. The molecule has 1 aromatic carbocycles. The van der Waals surface area contributed by atoms with Gasteiger partial charge in [-0.3, -0.25) is 4.79 Å².